The Morgan fingerprint density at radius 1 is 1.16 bits per heavy atom. The van der Waals surface area contributed by atoms with E-state index < -0.39 is 0 Å². The maximum absolute atomic E-state index is 5.55. The highest BCUT2D eigenvalue weighted by Gasteiger charge is 2.24. The van der Waals surface area contributed by atoms with Gasteiger partial charge < -0.3 is 25.0 Å². The Balaban J connectivity index is 1.60. The number of nitrogens with zero attached hydrogens (tertiary/aromatic N) is 3. The monoisotopic (exact) mass is 445 g/mol. The van der Waals surface area contributed by atoms with Crippen molar-refractivity contribution in [3.63, 3.8) is 0 Å². The minimum absolute atomic E-state index is 0.219. The van der Waals surface area contributed by atoms with Crippen LogP contribution in [0.3, 0.4) is 0 Å². The molecule has 2 atom stereocenters. The van der Waals surface area contributed by atoms with Crippen molar-refractivity contribution in [1.82, 2.24) is 20.4 Å². The SMILES string of the molecule is CN=C(NCC(c1ccc(OC)cc1)N(C)C)NCC(c1cccs1)N1CCOCC1. The van der Waals surface area contributed by atoms with Gasteiger partial charge in [0, 0.05) is 38.1 Å². The van der Waals surface area contributed by atoms with Crippen molar-refractivity contribution in [1.29, 1.82) is 0 Å². The van der Waals surface area contributed by atoms with Gasteiger partial charge in [0.15, 0.2) is 5.96 Å². The molecule has 1 saturated heterocycles. The Labute approximate surface area is 190 Å². The molecule has 0 radical (unpaired) electrons. The number of guanidine groups is 1. The van der Waals surface area contributed by atoms with E-state index in [1.165, 1.54) is 10.4 Å². The Morgan fingerprint density at radius 2 is 1.87 bits per heavy atom. The van der Waals surface area contributed by atoms with Crippen LogP contribution in [0, 0.1) is 0 Å². The highest BCUT2D eigenvalue weighted by molar-refractivity contribution is 7.10. The number of methoxy groups -OCH3 is 1. The van der Waals surface area contributed by atoms with Gasteiger partial charge >= 0.3 is 0 Å². The normalized spacial score (nSPS) is 17.4. The molecule has 1 aliphatic heterocycles. The zero-order valence-electron chi connectivity index (χ0n) is 19.0. The fourth-order valence-electron chi connectivity index (χ4n) is 3.81. The largest absolute Gasteiger partial charge is 0.497 e. The number of hydrogen-bond donors (Lipinski definition) is 2. The van der Waals surface area contributed by atoms with Crippen LogP contribution >= 0.6 is 11.3 Å². The average molecular weight is 446 g/mol. The lowest BCUT2D eigenvalue weighted by atomic mass is 10.1. The molecule has 7 nitrogen and oxygen atoms in total. The zero-order valence-corrected chi connectivity index (χ0v) is 19.8. The van der Waals surface area contributed by atoms with Gasteiger partial charge in [0.1, 0.15) is 5.75 Å². The highest BCUT2D eigenvalue weighted by Crippen LogP contribution is 2.25. The summed E-state index contributed by atoms with van der Waals surface area (Å²) < 4.78 is 10.8. The van der Waals surface area contributed by atoms with Crippen molar-refractivity contribution in [2.24, 2.45) is 4.99 Å². The third-order valence-corrected chi connectivity index (χ3v) is 6.60. The minimum Gasteiger partial charge on any atom is -0.497 e. The van der Waals surface area contributed by atoms with Gasteiger partial charge in [0.05, 0.1) is 32.4 Å². The van der Waals surface area contributed by atoms with E-state index >= 15 is 0 Å². The Kier molecular flexibility index (Phi) is 9.14. The van der Waals surface area contributed by atoms with Gasteiger partial charge in [0.2, 0.25) is 0 Å². The fourth-order valence-corrected chi connectivity index (χ4v) is 4.67. The molecule has 3 rings (SSSR count). The van der Waals surface area contributed by atoms with Crippen LogP contribution < -0.4 is 15.4 Å². The number of likely N-dealkylation sites (N-methyl/N-ethyl adjacent to an activating group) is 1. The summed E-state index contributed by atoms with van der Waals surface area (Å²) in [6, 6.07) is 13.1. The van der Waals surface area contributed by atoms with Crippen LogP contribution in [0.4, 0.5) is 0 Å². The van der Waals surface area contributed by atoms with Crippen molar-refractivity contribution in [2.45, 2.75) is 12.1 Å². The second-order valence-corrected chi connectivity index (χ2v) is 8.75. The summed E-state index contributed by atoms with van der Waals surface area (Å²) in [5.41, 5.74) is 1.23. The Morgan fingerprint density at radius 3 is 2.45 bits per heavy atom. The van der Waals surface area contributed by atoms with E-state index in [1.807, 2.05) is 19.2 Å². The summed E-state index contributed by atoms with van der Waals surface area (Å²) in [4.78, 5) is 10.5. The molecule has 2 aromatic rings. The molecule has 8 heteroatoms. The number of benzene rings is 1. The number of hydrogen-bond acceptors (Lipinski definition) is 6. The first-order chi connectivity index (χ1) is 15.1. The summed E-state index contributed by atoms with van der Waals surface area (Å²) >= 11 is 1.81. The molecule has 1 aromatic carbocycles. The minimum atomic E-state index is 0.219. The number of rotatable bonds is 9. The highest BCUT2D eigenvalue weighted by atomic mass is 32.1. The summed E-state index contributed by atoms with van der Waals surface area (Å²) in [5.74, 6) is 1.68. The van der Waals surface area contributed by atoms with E-state index in [-0.39, 0.29) is 6.04 Å². The quantitative estimate of drug-likeness (QED) is 0.457. The summed E-state index contributed by atoms with van der Waals surface area (Å²) in [7, 11) is 7.70. The summed E-state index contributed by atoms with van der Waals surface area (Å²) in [5, 5.41) is 9.20. The van der Waals surface area contributed by atoms with Crippen LogP contribution in [-0.4, -0.2) is 83.4 Å². The first-order valence-electron chi connectivity index (χ1n) is 10.7. The van der Waals surface area contributed by atoms with E-state index in [9.17, 15) is 0 Å². The van der Waals surface area contributed by atoms with E-state index in [1.54, 1.807) is 18.4 Å². The lowest BCUT2D eigenvalue weighted by Gasteiger charge is -2.34. The molecule has 2 unspecified atom stereocenters. The second-order valence-electron chi connectivity index (χ2n) is 7.77. The number of thiophene rings is 1. The van der Waals surface area contributed by atoms with Crippen LogP contribution in [0.15, 0.2) is 46.8 Å². The summed E-state index contributed by atoms with van der Waals surface area (Å²) in [6.07, 6.45) is 0. The fraction of sp³-hybridized carbons (Fsp3) is 0.522. The molecule has 1 aromatic heterocycles. The third-order valence-electron chi connectivity index (χ3n) is 5.63. The first-order valence-corrected chi connectivity index (χ1v) is 11.6. The van der Waals surface area contributed by atoms with Gasteiger partial charge in [-0.1, -0.05) is 18.2 Å². The smallest absolute Gasteiger partial charge is 0.191 e. The molecule has 1 fully saturated rings. The van der Waals surface area contributed by atoms with Gasteiger partial charge in [-0.15, -0.1) is 11.3 Å². The maximum Gasteiger partial charge on any atom is 0.191 e. The molecule has 1 aliphatic rings. The standard InChI is InChI=1S/C23H35N5O2S/c1-24-23(25-16-20(27(2)3)18-7-9-19(29-4)10-8-18)26-17-21(22-6-5-15-31-22)28-11-13-30-14-12-28/h5-10,15,20-21H,11-14,16-17H2,1-4H3,(H2,24,25,26). The van der Waals surface area contributed by atoms with Gasteiger partial charge in [-0.05, 0) is 43.2 Å². The van der Waals surface area contributed by atoms with E-state index in [2.05, 4.69) is 69.2 Å². The molecule has 0 aliphatic carbocycles. The van der Waals surface area contributed by atoms with Gasteiger partial charge in [-0.3, -0.25) is 9.89 Å². The predicted octanol–water partition coefficient (Wildman–Crippen LogP) is 2.60. The van der Waals surface area contributed by atoms with Crippen LogP contribution in [0.5, 0.6) is 5.75 Å². The number of aliphatic imine (C=N–C) groups is 1. The number of nitrogens with one attached hydrogen (secondary N) is 2. The third kappa shape index (κ3) is 6.67. The molecule has 0 bridgehead atoms. The van der Waals surface area contributed by atoms with Crippen molar-refractivity contribution in [3.8, 4) is 5.75 Å². The van der Waals surface area contributed by atoms with Crippen molar-refractivity contribution in [2.75, 3.05) is 67.6 Å². The zero-order chi connectivity index (χ0) is 22.1. The van der Waals surface area contributed by atoms with E-state index in [0.29, 0.717) is 6.04 Å². The van der Waals surface area contributed by atoms with Crippen molar-refractivity contribution >= 4 is 17.3 Å². The van der Waals surface area contributed by atoms with Crippen LogP contribution in [0.2, 0.25) is 0 Å². The molecule has 0 saturated carbocycles. The Hall–Kier alpha value is -2.13. The van der Waals surface area contributed by atoms with E-state index in [0.717, 1.165) is 51.1 Å². The second kappa shape index (κ2) is 12.0. The topological polar surface area (TPSA) is 61.4 Å². The lowest BCUT2D eigenvalue weighted by Crippen LogP contribution is -2.47. The Bertz CT molecular complexity index is 789. The molecule has 0 amide bonds. The molecule has 2 N–H and O–H groups in total. The molecule has 0 spiro atoms. The van der Waals surface area contributed by atoms with Gasteiger partial charge in [-0.25, -0.2) is 0 Å². The van der Waals surface area contributed by atoms with Crippen LogP contribution in [0.25, 0.3) is 0 Å². The lowest BCUT2D eigenvalue weighted by molar-refractivity contribution is 0.0177. The first kappa shape index (κ1) is 23.5. The van der Waals surface area contributed by atoms with Gasteiger partial charge in [-0.2, -0.15) is 0 Å². The molecule has 170 valence electrons. The average Bonchev–Trinajstić information content (AvgIpc) is 3.33. The molecular formula is C23H35N5O2S. The predicted molar refractivity (Wildman–Crippen MR) is 128 cm³/mol. The molecule has 31 heavy (non-hydrogen) atoms. The summed E-state index contributed by atoms with van der Waals surface area (Å²) in [6.45, 7) is 5.05. The van der Waals surface area contributed by atoms with Gasteiger partial charge in [0.25, 0.3) is 0 Å². The van der Waals surface area contributed by atoms with Crippen LogP contribution in [-0.2, 0) is 4.74 Å². The maximum atomic E-state index is 5.55. The number of ether oxygens (including phenoxy) is 2. The van der Waals surface area contributed by atoms with Crippen LogP contribution in [0.1, 0.15) is 22.5 Å². The molecular weight excluding hydrogens is 410 g/mol. The molecule has 2 heterocycles. The van der Waals surface area contributed by atoms with Crippen molar-refractivity contribution in [3.05, 3.63) is 52.2 Å². The van der Waals surface area contributed by atoms with Crippen molar-refractivity contribution < 1.29 is 9.47 Å². The number of morpholine rings is 1. The van der Waals surface area contributed by atoms with E-state index in [4.69, 9.17) is 9.47 Å².